The smallest absolute Gasteiger partial charge is 0.175 e. The van der Waals surface area contributed by atoms with Gasteiger partial charge in [-0.1, -0.05) is 12.1 Å². The van der Waals surface area contributed by atoms with Crippen molar-refractivity contribution < 1.29 is 8.42 Å². The van der Waals surface area contributed by atoms with E-state index in [1.54, 1.807) is 43.0 Å². The number of H-pyrrole nitrogens is 1. The summed E-state index contributed by atoms with van der Waals surface area (Å²) in [5, 5.41) is 0. The topological polar surface area (TPSA) is 75.7 Å². The summed E-state index contributed by atoms with van der Waals surface area (Å²) in [4.78, 5) is 11.7. The summed E-state index contributed by atoms with van der Waals surface area (Å²) < 4.78 is 22.8. The standard InChI is InChI=1S/C13H11N3O2S/c1-19(17,18)10-4-2-9(3-5-10)11-6-14-7-12-13(11)16-8-15-12/h2-8H,1H3,(H,15,16). The van der Waals surface area contributed by atoms with Gasteiger partial charge in [-0.25, -0.2) is 13.4 Å². The molecule has 0 radical (unpaired) electrons. The van der Waals surface area contributed by atoms with Crippen LogP contribution < -0.4 is 0 Å². The van der Waals surface area contributed by atoms with Gasteiger partial charge in [0.1, 0.15) is 0 Å². The summed E-state index contributed by atoms with van der Waals surface area (Å²) in [6, 6.07) is 6.72. The number of nitrogens with zero attached hydrogens (tertiary/aromatic N) is 2. The van der Waals surface area contributed by atoms with Crippen LogP contribution in [0.4, 0.5) is 0 Å². The third-order valence-electron chi connectivity index (χ3n) is 2.92. The van der Waals surface area contributed by atoms with Crippen LogP contribution in [0.1, 0.15) is 0 Å². The Labute approximate surface area is 110 Å². The Morgan fingerprint density at radius 3 is 2.53 bits per heavy atom. The van der Waals surface area contributed by atoms with Gasteiger partial charge >= 0.3 is 0 Å². The van der Waals surface area contributed by atoms with Gasteiger partial charge in [0.15, 0.2) is 9.84 Å². The van der Waals surface area contributed by atoms with Crippen molar-refractivity contribution in [2.24, 2.45) is 0 Å². The molecule has 0 unspecified atom stereocenters. The molecule has 5 nitrogen and oxygen atoms in total. The number of hydrogen-bond donors (Lipinski definition) is 1. The van der Waals surface area contributed by atoms with Crippen molar-refractivity contribution in [2.45, 2.75) is 4.90 Å². The molecule has 2 aromatic heterocycles. The summed E-state index contributed by atoms with van der Waals surface area (Å²) in [7, 11) is -3.17. The second-order valence-corrected chi connectivity index (χ2v) is 6.30. The van der Waals surface area contributed by atoms with Crippen molar-refractivity contribution in [2.75, 3.05) is 6.26 Å². The zero-order chi connectivity index (χ0) is 13.5. The summed E-state index contributed by atoms with van der Waals surface area (Å²) >= 11 is 0. The minimum absolute atomic E-state index is 0.304. The molecule has 0 amide bonds. The number of fused-ring (bicyclic) bond motifs is 1. The molecule has 6 heteroatoms. The molecule has 0 atom stereocenters. The first-order valence-electron chi connectivity index (χ1n) is 5.63. The third-order valence-corrected chi connectivity index (χ3v) is 4.05. The molecule has 0 aliphatic rings. The second kappa shape index (κ2) is 4.17. The van der Waals surface area contributed by atoms with Crippen LogP contribution in [0, 0.1) is 0 Å². The van der Waals surface area contributed by atoms with Crippen molar-refractivity contribution >= 4 is 20.9 Å². The fraction of sp³-hybridized carbons (Fsp3) is 0.0769. The van der Waals surface area contributed by atoms with Crippen LogP contribution in [0.25, 0.3) is 22.2 Å². The van der Waals surface area contributed by atoms with Gasteiger partial charge in [0.2, 0.25) is 0 Å². The number of aromatic amines is 1. The Balaban J connectivity index is 2.15. The van der Waals surface area contributed by atoms with Gasteiger partial charge in [0.25, 0.3) is 0 Å². The van der Waals surface area contributed by atoms with Gasteiger partial charge in [-0.3, -0.25) is 4.98 Å². The first kappa shape index (κ1) is 11.9. The SMILES string of the molecule is CS(=O)(=O)c1ccc(-c2cncc3[nH]cnc23)cc1. The highest BCUT2D eigenvalue weighted by Gasteiger charge is 2.09. The minimum Gasteiger partial charge on any atom is -0.343 e. The summed E-state index contributed by atoms with van der Waals surface area (Å²) in [5.41, 5.74) is 3.43. The van der Waals surface area contributed by atoms with Crippen molar-refractivity contribution in [1.82, 2.24) is 15.0 Å². The van der Waals surface area contributed by atoms with Gasteiger partial charge in [0, 0.05) is 18.0 Å². The molecule has 96 valence electrons. The van der Waals surface area contributed by atoms with E-state index in [0.717, 1.165) is 22.2 Å². The zero-order valence-corrected chi connectivity index (χ0v) is 11.0. The molecule has 1 aromatic carbocycles. The first-order valence-corrected chi connectivity index (χ1v) is 7.52. The molecular weight excluding hydrogens is 262 g/mol. The van der Waals surface area contributed by atoms with E-state index in [1.807, 2.05) is 0 Å². The highest BCUT2D eigenvalue weighted by atomic mass is 32.2. The third kappa shape index (κ3) is 2.10. The lowest BCUT2D eigenvalue weighted by Crippen LogP contribution is -1.96. The Morgan fingerprint density at radius 2 is 1.84 bits per heavy atom. The molecule has 3 rings (SSSR count). The average molecular weight is 273 g/mol. The molecule has 3 aromatic rings. The lowest BCUT2D eigenvalue weighted by Gasteiger charge is -2.03. The number of benzene rings is 1. The highest BCUT2D eigenvalue weighted by molar-refractivity contribution is 7.90. The van der Waals surface area contributed by atoms with E-state index >= 15 is 0 Å². The van der Waals surface area contributed by atoms with Crippen LogP contribution in [0.5, 0.6) is 0 Å². The molecule has 0 fully saturated rings. The second-order valence-electron chi connectivity index (χ2n) is 4.28. The van der Waals surface area contributed by atoms with E-state index < -0.39 is 9.84 Å². The molecule has 0 saturated carbocycles. The van der Waals surface area contributed by atoms with E-state index in [9.17, 15) is 8.42 Å². The molecule has 0 aliphatic heterocycles. The normalized spacial score (nSPS) is 11.8. The largest absolute Gasteiger partial charge is 0.343 e. The zero-order valence-electron chi connectivity index (χ0n) is 10.2. The van der Waals surface area contributed by atoms with Crippen molar-refractivity contribution in [3.05, 3.63) is 43.0 Å². The fourth-order valence-electron chi connectivity index (χ4n) is 1.96. The molecule has 1 N–H and O–H groups in total. The maximum Gasteiger partial charge on any atom is 0.175 e. The molecular formula is C13H11N3O2S. The van der Waals surface area contributed by atoms with Crippen LogP contribution >= 0.6 is 0 Å². The molecule has 0 spiro atoms. The van der Waals surface area contributed by atoms with Gasteiger partial charge in [0.05, 0.1) is 28.5 Å². The lowest BCUT2D eigenvalue weighted by molar-refractivity contribution is 0.602. The fourth-order valence-corrected chi connectivity index (χ4v) is 2.59. The van der Waals surface area contributed by atoms with Crippen LogP contribution in [-0.4, -0.2) is 29.6 Å². The average Bonchev–Trinajstić information content (AvgIpc) is 2.86. The Morgan fingerprint density at radius 1 is 1.11 bits per heavy atom. The Kier molecular flexibility index (Phi) is 2.60. The number of imidazole rings is 1. The summed E-state index contributed by atoms with van der Waals surface area (Å²) in [6.45, 7) is 0. The number of sulfone groups is 1. The van der Waals surface area contributed by atoms with E-state index in [4.69, 9.17) is 0 Å². The maximum absolute atomic E-state index is 11.4. The van der Waals surface area contributed by atoms with Crippen molar-refractivity contribution in [1.29, 1.82) is 0 Å². The molecule has 0 aliphatic carbocycles. The van der Waals surface area contributed by atoms with Crippen LogP contribution in [0.15, 0.2) is 47.9 Å². The van der Waals surface area contributed by atoms with Gasteiger partial charge < -0.3 is 4.98 Å². The van der Waals surface area contributed by atoms with Crippen molar-refractivity contribution in [3.63, 3.8) is 0 Å². The number of aromatic nitrogens is 3. The quantitative estimate of drug-likeness (QED) is 0.775. The van der Waals surface area contributed by atoms with Gasteiger partial charge in [-0.05, 0) is 17.7 Å². The summed E-state index contributed by atoms with van der Waals surface area (Å²) in [6.07, 6.45) is 6.23. The summed E-state index contributed by atoms with van der Waals surface area (Å²) in [5.74, 6) is 0. The van der Waals surface area contributed by atoms with E-state index in [1.165, 1.54) is 6.26 Å². The predicted octanol–water partition coefficient (Wildman–Crippen LogP) is 2.03. The van der Waals surface area contributed by atoms with E-state index in [0.29, 0.717) is 4.90 Å². The molecule has 0 saturated heterocycles. The van der Waals surface area contributed by atoms with Crippen LogP contribution in [-0.2, 0) is 9.84 Å². The predicted molar refractivity (Wildman–Crippen MR) is 72.4 cm³/mol. The van der Waals surface area contributed by atoms with Crippen molar-refractivity contribution in [3.8, 4) is 11.1 Å². The van der Waals surface area contributed by atoms with Gasteiger partial charge in [-0.15, -0.1) is 0 Å². The number of nitrogens with one attached hydrogen (secondary N) is 1. The Bertz CT molecular complexity index is 836. The first-order chi connectivity index (χ1) is 9.05. The highest BCUT2D eigenvalue weighted by Crippen LogP contribution is 2.26. The lowest BCUT2D eigenvalue weighted by atomic mass is 10.1. The molecule has 2 heterocycles. The Hall–Kier alpha value is -2.21. The minimum atomic E-state index is -3.17. The number of hydrogen-bond acceptors (Lipinski definition) is 4. The maximum atomic E-state index is 11.4. The number of rotatable bonds is 2. The monoisotopic (exact) mass is 273 g/mol. The molecule has 0 bridgehead atoms. The van der Waals surface area contributed by atoms with Crippen LogP contribution in [0.3, 0.4) is 0 Å². The van der Waals surface area contributed by atoms with Crippen LogP contribution in [0.2, 0.25) is 0 Å². The number of pyridine rings is 1. The molecule has 19 heavy (non-hydrogen) atoms. The van der Waals surface area contributed by atoms with E-state index in [2.05, 4.69) is 15.0 Å². The van der Waals surface area contributed by atoms with E-state index in [-0.39, 0.29) is 0 Å². The van der Waals surface area contributed by atoms with Gasteiger partial charge in [-0.2, -0.15) is 0 Å².